The Morgan fingerprint density at radius 2 is 1.67 bits per heavy atom. The molecular weight excluding hydrogens is 464 g/mol. The molecule has 3 aromatic rings. The Labute approximate surface area is 198 Å². The van der Waals surface area contributed by atoms with Crippen LogP contribution in [0.1, 0.15) is 18.1 Å². The third-order valence-corrected chi connectivity index (χ3v) is 6.27. The van der Waals surface area contributed by atoms with Gasteiger partial charge in [-0.25, -0.2) is 8.42 Å². The molecule has 0 atom stereocenters. The van der Waals surface area contributed by atoms with Crippen LogP contribution in [0, 0.1) is 6.92 Å². The van der Waals surface area contributed by atoms with Gasteiger partial charge >= 0.3 is 0 Å². The zero-order valence-corrected chi connectivity index (χ0v) is 19.9. The van der Waals surface area contributed by atoms with Gasteiger partial charge < -0.3 is 14.8 Å². The molecule has 0 aliphatic carbocycles. The summed E-state index contributed by atoms with van der Waals surface area (Å²) in [6.45, 7) is 4.51. The van der Waals surface area contributed by atoms with Crippen molar-refractivity contribution in [2.24, 2.45) is 0 Å². The van der Waals surface area contributed by atoms with Gasteiger partial charge in [-0.1, -0.05) is 41.4 Å². The number of rotatable bonds is 10. The van der Waals surface area contributed by atoms with E-state index in [1.807, 2.05) is 38.1 Å². The Morgan fingerprint density at radius 1 is 0.970 bits per heavy atom. The number of nitrogens with one attached hydrogen (secondary N) is 2. The van der Waals surface area contributed by atoms with Crippen molar-refractivity contribution in [3.63, 3.8) is 0 Å². The summed E-state index contributed by atoms with van der Waals surface area (Å²) in [5, 5.41) is 2.84. The Morgan fingerprint density at radius 3 is 2.30 bits per heavy atom. The van der Waals surface area contributed by atoms with Crippen LogP contribution < -0.4 is 19.5 Å². The molecule has 0 heterocycles. The van der Waals surface area contributed by atoms with Crippen molar-refractivity contribution in [1.29, 1.82) is 0 Å². The van der Waals surface area contributed by atoms with Crippen LogP contribution >= 0.6 is 11.6 Å². The van der Waals surface area contributed by atoms with Crippen molar-refractivity contribution in [2.75, 3.05) is 17.9 Å². The van der Waals surface area contributed by atoms with E-state index in [2.05, 4.69) is 10.0 Å². The molecule has 0 bridgehead atoms. The minimum atomic E-state index is -3.86. The quantitative estimate of drug-likeness (QED) is 0.437. The minimum Gasteiger partial charge on any atom is -0.494 e. The first-order chi connectivity index (χ1) is 15.8. The summed E-state index contributed by atoms with van der Waals surface area (Å²) in [6.07, 6.45) is 0. The average Bonchev–Trinajstić information content (AvgIpc) is 2.79. The van der Waals surface area contributed by atoms with Crippen molar-refractivity contribution < 1.29 is 22.7 Å². The van der Waals surface area contributed by atoms with Gasteiger partial charge in [0.1, 0.15) is 11.5 Å². The lowest BCUT2D eigenvalue weighted by atomic mass is 10.1. The molecular formula is C24H25ClN2O5S. The number of hydrogen-bond acceptors (Lipinski definition) is 5. The van der Waals surface area contributed by atoms with E-state index in [-0.39, 0.29) is 28.2 Å². The highest BCUT2D eigenvalue weighted by Gasteiger charge is 2.17. The topological polar surface area (TPSA) is 93.7 Å². The van der Waals surface area contributed by atoms with E-state index in [9.17, 15) is 13.2 Å². The van der Waals surface area contributed by atoms with Crippen molar-refractivity contribution in [3.8, 4) is 11.5 Å². The summed E-state index contributed by atoms with van der Waals surface area (Å²) in [6, 6.07) is 18.4. The summed E-state index contributed by atoms with van der Waals surface area (Å²) in [7, 11) is -3.86. The molecule has 0 spiro atoms. The number of carbonyl (C=O) groups excluding carboxylic acids is 1. The van der Waals surface area contributed by atoms with Crippen LogP contribution in [0.25, 0.3) is 0 Å². The summed E-state index contributed by atoms with van der Waals surface area (Å²) in [4.78, 5) is 12.0. The molecule has 0 aromatic heterocycles. The SMILES string of the molecule is CCOc1ccc(NS(=O)(=O)c2ccc(OCC(=O)NCc3ccc(C)cc3)c(Cl)c2)cc1. The molecule has 0 aliphatic heterocycles. The number of ether oxygens (including phenoxy) is 2. The van der Waals surface area contributed by atoms with Crippen LogP contribution in [0.5, 0.6) is 11.5 Å². The Hall–Kier alpha value is -3.23. The third-order valence-electron chi connectivity index (χ3n) is 4.60. The van der Waals surface area contributed by atoms with Gasteiger partial charge in [-0.3, -0.25) is 9.52 Å². The predicted octanol–water partition coefficient (Wildman–Crippen LogP) is 4.54. The van der Waals surface area contributed by atoms with Gasteiger partial charge in [0.25, 0.3) is 15.9 Å². The normalized spacial score (nSPS) is 11.0. The van der Waals surface area contributed by atoms with E-state index in [0.717, 1.165) is 11.1 Å². The minimum absolute atomic E-state index is 0.0300. The molecule has 0 unspecified atom stereocenters. The summed E-state index contributed by atoms with van der Waals surface area (Å²) >= 11 is 6.20. The molecule has 174 valence electrons. The maximum Gasteiger partial charge on any atom is 0.261 e. The first-order valence-corrected chi connectivity index (χ1v) is 12.1. The largest absolute Gasteiger partial charge is 0.494 e. The van der Waals surface area contributed by atoms with Crippen molar-refractivity contribution in [2.45, 2.75) is 25.3 Å². The van der Waals surface area contributed by atoms with Crippen LogP contribution in [0.15, 0.2) is 71.6 Å². The number of benzene rings is 3. The van der Waals surface area contributed by atoms with E-state index in [0.29, 0.717) is 24.6 Å². The van der Waals surface area contributed by atoms with Crippen molar-refractivity contribution in [3.05, 3.63) is 82.9 Å². The van der Waals surface area contributed by atoms with E-state index in [4.69, 9.17) is 21.1 Å². The number of hydrogen-bond donors (Lipinski definition) is 2. The number of amides is 1. The molecule has 2 N–H and O–H groups in total. The average molecular weight is 489 g/mol. The second-order valence-electron chi connectivity index (χ2n) is 7.21. The molecule has 0 saturated heterocycles. The lowest BCUT2D eigenvalue weighted by Crippen LogP contribution is -2.28. The van der Waals surface area contributed by atoms with Crippen LogP contribution in [-0.4, -0.2) is 27.5 Å². The molecule has 3 rings (SSSR count). The fraction of sp³-hybridized carbons (Fsp3) is 0.208. The lowest BCUT2D eigenvalue weighted by molar-refractivity contribution is -0.123. The third kappa shape index (κ3) is 7.13. The molecule has 0 radical (unpaired) electrons. The van der Waals surface area contributed by atoms with Crippen LogP contribution in [0.3, 0.4) is 0 Å². The monoisotopic (exact) mass is 488 g/mol. The van der Waals surface area contributed by atoms with Crippen molar-refractivity contribution in [1.82, 2.24) is 5.32 Å². The zero-order valence-electron chi connectivity index (χ0n) is 18.3. The van der Waals surface area contributed by atoms with Gasteiger partial charge in [0.2, 0.25) is 0 Å². The summed E-state index contributed by atoms with van der Waals surface area (Å²) < 4.78 is 38.6. The molecule has 0 fully saturated rings. The van der Waals surface area contributed by atoms with Crippen LogP contribution in [0.4, 0.5) is 5.69 Å². The molecule has 3 aromatic carbocycles. The van der Waals surface area contributed by atoms with E-state index < -0.39 is 10.0 Å². The summed E-state index contributed by atoms with van der Waals surface area (Å²) in [5.41, 5.74) is 2.50. The molecule has 9 heteroatoms. The van der Waals surface area contributed by atoms with E-state index >= 15 is 0 Å². The van der Waals surface area contributed by atoms with Gasteiger partial charge in [0.15, 0.2) is 6.61 Å². The number of aryl methyl sites for hydroxylation is 1. The smallest absolute Gasteiger partial charge is 0.261 e. The fourth-order valence-corrected chi connectivity index (χ4v) is 4.25. The first-order valence-electron chi connectivity index (χ1n) is 10.3. The number of carbonyl (C=O) groups is 1. The van der Waals surface area contributed by atoms with E-state index in [1.54, 1.807) is 24.3 Å². The van der Waals surface area contributed by atoms with Crippen LogP contribution in [0.2, 0.25) is 5.02 Å². The summed E-state index contributed by atoms with van der Waals surface area (Å²) in [5.74, 6) is 0.538. The van der Waals surface area contributed by atoms with Crippen LogP contribution in [-0.2, 0) is 21.4 Å². The highest BCUT2D eigenvalue weighted by molar-refractivity contribution is 7.92. The molecule has 0 aliphatic rings. The highest BCUT2D eigenvalue weighted by Crippen LogP contribution is 2.28. The van der Waals surface area contributed by atoms with Crippen molar-refractivity contribution >= 4 is 33.2 Å². The fourth-order valence-electron chi connectivity index (χ4n) is 2.87. The standard InChI is InChI=1S/C24H25ClN2O5S/c1-3-31-20-10-8-19(9-11-20)27-33(29,30)21-12-13-23(22(25)14-21)32-16-24(28)26-15-18-6-4-17(2)5-7-18/h4-14,27H,3,15-16H2,1-2H3,(H,26,28). The zero-order chi connectivity index (χ0) is 23.8. The molecule has 0 saturated carbocycles. The number of halogens is 1. The first kappa shape index (κ1) is 24.4. The molecule has 33 heavy (non-hydrogen) atoms. The maximum absolute atomic E-state index is 12.7. The lowest BCUT2D eigenvalue weighted by Gasteiger charge is -2.12. The maximum atomic E-state index is 12.7. The van der Waals surface area contributed by atoms with Gasteiger partial charge in [0.05, 0.1) is 16.5 Å². The second-order valence-corrected chi connectivity index (χ2v) is 9.30. The Bertz CT molecular complexity index is 1200. The molecule has 1 amide bonds. The Kier molecular flexibility index (Phi) is 8.19. The molecule has 7 nitrogen and oxygen atoms in total. The van der Waals surface area contributed by atoms with E-state index in [1.165, 1.54) is 18.2 Å². The number of sulfonamides is 1. The van der Waals surface area contributed by atoms with Gasteiger partial charge in [0, 0.05) is 12.2 Å². The second kappa shape index (κ2) is 11.1. The predicted molar refractivity (Wildman–Crippen MR) is 128 cm³/mol. The highest BCUT2D eigenvalue weighted by atomic mass is 35.5. The Balaban J connectivity index is 1.56. The van der Waals surface area contributed by atoms with Gasteiger partial charge in [-0.05, 0) is 61.9 Å². The van der Waals surface area contributed by atoms with Gasteiger partial charge in [-0.2, -0.15) is 0 Å². The number of anilines is 1. The van der Waals surface area contributed by atoms with Gasteiger partial charge in [-0.15, -0.1) is 0 Å².